The average molecular weight is 272 g/mol. The predicted molar refractivity (Wildman–Crippen MR) is 76.4 cm³/mol. The molecule has 20 heavy (non-hydrogen) atoms. The van der Waals surface area contributed by atoms with Gasteiger partial charge in [-0.1, -0.05) is 51.1 Å². The van der Waals surface area contributed by atoms with Crippen LogP contribution in [0.1, 0.15) is 45.1 Å². The van der Waals surface area contributed by atoms with Gasteiger partial charge in [-0.25, -0.2) is 0 Å². The Balaban J connectivity index is 2.45. The number of hydrogen-bond donors (Lipinski definition) is 0. The summed E-state index contributed by atoms with van der Waals surface area (Å²) >= 11 is 0. The highest BCUT2D eigenvalue weighted by atomic mass is 16.2. The van der Waals surface area contributed by atoms with E-state index in [-0.39, 0.29) is 36.1 Å². The zero-order valence-electron chi connectivity index (χ0n) is 12.2. The largest absolute Gasteiger partial charge is 0.298 e. The summed E-state index contributed by atoms with van der Waals surface area (Å²) in [6.07, 6.45) is 0.499. The van der Waals surface area contributed by atoms with Gasteiger partial charge in [0.1, 0.15) is 5.92 Å². The maximum Gasteiger partial charge on any atom is 0.158 e. The van der Waals surface area contributed by atoms with Crippen LogP contribution in [0.2, 0.25) is 0 Å². The predicted octanol–water partition coefficient (Wildman–Crippen LogP) is 2.93. The fraction of sp³-hybridized carbons (Fsp3) is 0.471. The lowest BCUT2D eigenvalue weighted by Gasteiger charge is -2.39. The number of ketones is 3. The molecule has 1 aliphatic carbocycles. The summed E-state index contributed by atoms with van der Waals surface area (Å²) in [5.41, 5.74) is 0.448. The molecule has 0 radical (unpaired) electrons. The van der Waals surface area contributed by atoms with Gasteiger partial charge >= 0.3 is 0 Å². The molecule has 3 nitrogen and oxygen atoms in total. The van der Waals surface area contributed by atoms with Crippen molar-refractivity contribution >= 4 is 17.3 Å². The molecule has 1 aliphatic rings. The number of Topliss-reactive ketones (excluding diaryl/α,β-unsaturated/α-hetero) is 3. The smallest absolute Gasteiger partial charge is 0.158 e. The van der Waals surface area contributed by atoms with Crippen LogP contribution in [-0.2, 0) is 14.4 Å². The van der Waals surface area contributed by atoms with Crippen LogP contribution in [-0.4, -0.2) is 17.3 Å². The van der Waals surface area contributed by atoms with E-state index >= 15 is 0 Å². The van der Waals surface area contributed by atoms with E-state index < -0.39 is 11.3 Å². The molecule has 0 N–H and O–H groups in total. The molecule has 1 aromatic carbocycles. The first-order valence-electron chi connectivity index (χ1n) is 7.02. The van der Waals surface area contributed by atoms with Crippen LogP contribution in [0.3, 0.4) is 0 Å². The first kappa shape index (κ1) is 14.6. The Morgan fingerprint density at radius 1 is 1.20 bits per heavy atom. The van der Waals surface area contributed by atoms with Crippen molar-refractivity contribution in [2.45, 2.75) is 39.5 Å². The standard InChI is InChI=1S/C17H20O3/c1-4-12(18)14-13(19)10-17(2,3)15(16(14)20)11-8-6-5-7-9-11/h5-9,14-15H,4,10H2,1-3H3. The lowest BCUT2D eigenvalue weighted by Crippen LogP contribution is -2.47. The van der Waals surface area contributed by atoms with E-state index in [1.807, 2.05) is 44.2 Å². The number of hydrogen-bond acceptors (Lipinski definition) is 3. The highest BCUT2D eigenvalue weighted by Gasteiger charge is 2.50. The van der Waals surface area contributed by atoms with Crippen molar-refractivity contribution in [3.05, 3.63) is 35.9 Å². The van der Waals surface area contributed by atoms with Crippen molar-refractivity contribution < 1.29 is 14.4 Å². The van der Waals surface area contributed by atoms with Gasteiger partial charge < -0.3 is 0 Å². The number of carbonyl (C=O) groups excluding carboxylic acids is 3. The second-order valence-corrected chi connectivity index (χ2v) is 6.13. The Morgan fingerprint density at radius 3 is 2.35 bits per heavy atom. The monoisotopic (exact) mass is 272 g/mol. The summed E-state index contributed by atoms with van der Waals surface area (Å²) < 4.78 is 0. The van der Waals surface area contributed by atoms with Crippen LogP contribution in [0.25, 0.3) is 0 Å². The third kappa shape index (κ3) is 2.45. The van der Waals surface area contributed by atoms with Crippen molar-refractivity contribution in [1.82, 2.24) is 0 Å². The average Bonchev–Trinajstić information content (AvgIpc) is 2.38. The number of carbonyl (C=O) groups is 3. The minimum Gasteiger partial charge on any atom is -0.298 e. The van der Waals surface area contributed by atoms with Crippen molar-refractivity contribution in [2.24, 2.45) is 11.3 Å². The third-order valence-corrected chi connectivity index (χ3v) is 4.11. The molecule has 2 unspecified atom stereocenters. The van der Waals surface area contributed by atoms with Crippen LogP contribution in [0.4, 0.5) is 0 Å². The highest BCUT2D eigenvalue weighted by Crippen LogP contribution is 2.45. The lowest BCUT2D eigenvalue weighted by atomic mass is 9.61. The van der Waals surface area contributed by atoms with Gasteiger partial charge in [-0.2, -0.15) is 0 Å². The van der Waals surface area contributed by atoms with Crippen molar-refractivity contribution in [2.75, 3.05) is 0 Å². The fourth-order valence-corrected chi connectivity index (χ4v) is 3.17. The Morgan fingerprint density at radius 2 is 1.80 bits per heavy atom. The second-order valence-electron chi connectivity index (χ2n) is 6.13. The Labute approximate surface area is 119 Å². The minimum absolute atomic E-state index is 0.223. The van der Waals surface area contributed by atoms with Crippen LogP contribution in [0.5, 0.6) is 0 Å². The minimum atomic E-state index is -1.06. The molecule has 0 spiro atoms. The summed E-state index contributed by atoms with van der Waals surface area (Å²) in [6, 6.07) is 9.45. The number of benzene rings is 1. The van der Waals surface area contributed by atoms with Crippen LogP contribution in [0.15, 0.2) is 30.3 Å². The van der Waals surface area contributed by atoms with E-state index in [0.29, 0.717) is 0 Å². The molecule has 0 amide bonds. The van der Waals surface area contributed by atoms with Gasteiger partial charge in [0.05, 0.1) is 0 Å². The van der Waals surface area contributed by atoms with Gasteiger partial charge in [-0.15, -0.1) is 0 Å². The number of rotatable bonds is 3. The lowest BCUT2D eigenvalue weighted by molar-refractivity contribution is -0.146. The van der Waals surface area contributed by atoms with E-state index in [9.17, 15) is 14.4 Å². The first-order valence-corrected chi connectivity index (χ1v) is 7.02. The molecule has 2 rings (SSSR count). The molecule has 0 heterocycles. The van der Waals surface area contributed by atoms with Gasteiger partial charge in [-0.05, 0) is 11.0 Å². The second kappa shape index (κ2) is 5.31. The summed E-state index contributed by atoms with van der Waals surface area (Å²) in [6.45, 7) is 5.54. The van der Waals surface area contributed by atoms with Crippen molar-refractivity contribution in [1.29, 1.82) is 0 Å². The van der Waals surface area contributed by atoms with Gasteiger partial charge in [0.15, 0.2) is 17.3 Å². The Kier molecular flexibility index (Phi) is 3.89. The van der Waals surface area contributed by atoms with Crippen molar-refractivity contribution in [3.8, 4) is 0 Å². The first-order chi connectivity index (χ1) is 9.38. The van der Waals surface area contributed by atoms with E-state index in [0.717, 1.165) is 5.56 Å². The molecule has 3 heteroatoms. The quantitative estimate of drug-likeness (QED) is 0.795. The molecule has 1 aromatic rings. The Hall–Kier alpha value is -1.77. The van der Waals surface area contributed by atoms with Crippen LogP contribution >= 0.6 is 0 Å². The molecular formula is C17H20O3. The zero-order valence-corrected chi connectivity index (χ0v) is 12.2. The fourth-order valence-electron chi connectivity index (χ4n) is 3.17. The maximum atomic E-state index is 12.7. The summed E-state index contributed by atoms with van der Waals surface area (Å²) in [7, 11) is 0. The van der Waals surface area contributed by atoms with Gasteiger partial charge in [0.2, 0.25) is 0 Å². The van der Waals surface area contributed by atoms with Gasteiger partial charge in [-0.3, -0.25) is 14.4 Å². The zero-order chi connectivity index (χ0) is 14.9. The molecule has 0 bridgehead atoms. The van der Waals surface area contributed by atoms with E-state index in [1.165, 1.54) is 0 Å². The molecule has 1 fully saturated rings. The van der Waals surface area contributed by atoms with Crippen molar-refractivity contribution in [3.63, 3.8) is 0 Å². The molecular weight excluding hydrogens is 252 g/mol. The van der Waals surface area contributed by atoms with Gasteiger partial charge in [0, 0.05) is 18.8 Å². The van der Waals surface area contributed by atoms with Crippen LogP contribution in [0, 0.1) is 11.3 Å². The van der Waals surface area contributed by atoms with E-state index in [2.05, 4.69) is 0 Å². The van der Waals surface area contributed by atoms with Crippen LogP contribution < -0.4 is 0 Å². The highest BCUT2D eigenvalue weighted by molar-refractivity contribution is 6.22. The maximum absolute atomic E-state index is 12.7. The van der Waals surface area contributed by atoms with E-state index in [1.54, 1.807) is 6.92 Å². The SMILES string of the molecule is CCC(=O)C1C(=O)CC(C)(C)C(c2ccccc2)C1=O. The normalized spacial score (nSPS) is 25.6. The topological polar surface area (TPSA) is 51.2 Å². The summed E-state index contributed by atoms with van der Waals surface area (Å²) in [5.74, 6) is -2.15. The molecule has 2 atom stereocenters. The summed E-state index contributed by atoms with van der Waals surface area (Å²) in [4.78, 5) is 36.8. The molecule has 1 saturated carbocycles. The molecule has 0 aliphatic heterocycles. The van der Waals surface area contributed by atoms with Gasteiger partial charge in [0.25, 0.3) is 0 Å². The Bertz CT molecular complexity index is 543. The third-order valence-electron chi connectivity index (χ3n) is 4.11. The molecule has 0 saturated heterocycles. The summed E-state index contributed by atoms with van der Waals surface area (Å²) in [5, 5.41) is 0. The van der Waals surface area contributed by atoms with E-state index in [4.69, 9.17) is 0 Å². The molecule has 0 aromatic heterocycles. The molecule has 106 valence electrons.